The van der Waals surface area contributed by atoms with E-state index in [1.807, 2.05) is 25.1 Å². The van der Waals surface area contributed by atoms with Crippen LogP contribution < -0.4 is 10.6 Å². The zero-order valence-corrected chi connectivity index (χ0v) is 20.8. The molecule has 0 aromatic heterocycles. The molecule has 2 N–H and O–H groups in total. The molecule has 0 fully saturated rings. The number of hydrogen-bond donors (Lipinski definition) is 2. The van der Waals surface area contributed by atoms with Gasteiger partial charge in [-0.3, -0.25) is 0 Å². The summed E-state index contributed by atoms with van der Waals surface area (Å²) in [5, 5.41) is 6.19. The number of urea groups is 1. The molecule has 174 valence electrons. The molecule has 0 saturated heterocycles. The van der Waals surface area contributed by atoms with Gasteiger partial charge in [0.2, 0.25) is 0 Å². The number of nitrogens with one attached hydrogen (secondary N) is 2. The maximum atomic E-state index is 12.9. The minimum Gasteiger partial charge on any atom is -0.334 e. The molecule has 8 heteroatoms. The molecule has 2 amide bonds. The van der Waals surface area contributed by atoms with Crippen LogP contribution in [-0.4, -0.2) is 14.4 Å². The summed E-state index contributed by atoms with van der Waals surface area (Å²) in [6, 6.07) is 16.7. The van der Waals surface area contributed by atoms with Crippen molar-refractivity contribution in [1.82, 2.24) is 5.32 Å². The molecule has 0 aliphatic heterocycles. The van der Waals surface area contributed by atoms with Gasteiger partial charge in [0.1, 0.15) is 0 Å². The summed E-state index contributed by atoms with van der Waals surface area (Å²) in [5.74, 6) is -0.0718. The van der Waals surface area contributed by atoms with Gasteiger partial charge in [0.05, 0.1) is 20.7 Å². The number of halogens is 2. The van der Waals surface area contributed by atoms with E-state index in [0.29, 0.717) is 21.3 Å². The Kier molecular flexibility index (Phi) is 8.40. The number of aryl methyl sites for hydroxylation is 2. The number of rotatable bonds is 8. The summed E-state index contributed by atoms with van der Waals surface area (Å²) >= 11 is 12.1. The fourth-order valence-electron chi connectivity index (χ4n) is 3.44. The number of carbonyl (C=O) groups excluding carboxylic acids is 1. The molecule has 0 aliphatic rings. The normalized spacial score (nSPS) is 11.3. The van der Waals surface area contributed by atoms with Crippen LogP contribution in [0.5, 0.6) is 0 Å². The lowest BCUT2D eigenvalue weighted by atomic mass is 10.0. The first-order valence-corrected chi connectivity index (χ1v) is 13.0. The average Bonchev–Trinajstić information content (AvgIpc) is 2.77. The van der Waals surface area contributed by atoms with Gasteiger partial charge in [0.25, 0.3) is 0 Å². The Bertz CT molecular complexity index is 1240. The Morgan fingerprint density at radius 3 is 2.39 bits per heavy atom. The van der Waals surface area contributed by atoms with Crippen molar-refractivity contribution >= 4 is 44.8 Å². The molecule has 0 saturated carbocycles. The quantitative estimate of drug-likeness (QED) is 0.365. The van der Waals surface area contributed by atoms with E-state index in [-0.39, 0.29) is 17.2 Å². The molecular formula is C25H26Cl2N2O3S. The third-order valence-corrected chi connectivity index (χ3v) is 7.79. The fourth-order valence-corrected chi connectivity index (χ4v) is 5.16. The van der Waals surface area contributed by atoms with E-state index in [0.717, 1.165) is 18.4 Å². The fraction of sp³-hybridized carbons (Fsp3) is 0.240. The molecule has 0 bridgehead atoms. The number of sulfone groups is 1. The lowest BCUT2D eigenvalue weighted by Crippen LogP contribution is -2.28. The van der Waals surface area contributed by atoms with Gasteiger partial charge in [-0.1, -0.05) is 66.9 Å². The van der Waals surface area contributed by atoms with Crippen molar-refractivity contribution in [3.05, 3.63) is 93.0 Å². The minimum absolute atomic E-state index is 0.0718. The molecule has 0 heterocycles. The third kappa shape index (κ3) is 6.73. The topological polar surface area (TPSA) is 75.3 Å². The van der Waals surface area contributed by atoms with Gasteiger partial charge < -0.3 is 10.6 Å². The predicted octanol–water partition coefficient (Wildman–Crippen LogP) is 6.55. The number of benzene rings is 3. The van der Waals surface area contributed by atoms with Gasteiger partial charge in [-0.15, -0.1) is 0 Å². The second-order valence-corrected chi connectivity index (χ2v) is 10.6. The number of anilines is 1. The van der Waals surface area contributed by atoms with Crippen LogP contribution in [0.1, 0.15) is 35.6 Å². The summed E-state index contributed by atoms with van der Waals surface area (Å²) < 4.78 is 25.8. The third-order valence-electron chi connectivity index (χ3n) is 5.23. The van der Waals surface area contributed by atoms with E-state index in [1.54, 1.807) is 30.3 Å². The highest BCUT2D eigenvalue weighted by Crippen LogP contribution is 2.25. The van der Waals surface area contributed by atoms with Gasteiger partial charge in [0, 0.05) is 12.2 Å². The van der Waals surface area contributed by atoms with E-state index in [4.69, 9.17) is 23.2 Å². The molecule has 0 aliphatic carbocycles. The zero-order valence-electron chi connectivity index (χ0n) is 18.5. The number of carbonyl (C=O) groups is 1. The summed E-state index contributed by atoms with van der Waals surface area (Å²) in [4.78, 5) is 12.4. The van der Waals surface area contributed by atoms with E-state index in [2.05, 4.69) is 17.6 Å². The van der Waals surface area contributed by atoms with Crippen LogP contribution in [-0.2, 0) is 28.6 Å². The Morgan fingerprint density at radius 1 is 0.970 bits per heavy atom. The first-order valence-electron chi connectivity index (χ1n) is 10.6. The largest absolute Gasteiger partial charge is 0.334 e. The van der Waals surface area contributed by atoms with Gasteiger partial charge in [-0.05, 0) is 65.9 Å². The standard InChI is InChI=1S/C25H26Cl2N2O3S/c1-3-5-19-14-18(9-8-17(19)2)16-33(31,32)22-12-10-21(11-13-22)29-25(30)28-15-20-6-4-7-23(26)24(20)27/h4,6-14H,3,5,15-16H2,1-2H3,(H2,28,29,30). The predicted molar refractivity (Wildman–Crippen MR) is 135 cm³/mol. The van der Waals surface area contributed by atoms with Crippen molar-refractivity contribution in [3.63, 3.8) is 0 Å². The van der Waals surface area contributed by atoms with Crippen molar-refractivity contribution in [2.24, 2.45) is 0 Å². The first kappa shape index (κ1) is 25.1. The molecule has 3 aromatic rings. The molecule has 0 spiro atoms. The maximum absolute atomic E-state index is 12.9. The number of amides is 2. The zero-order chi connectivity index (χ0) is 24.0. The van der Waals surface area contributed by atoms with E-state index < -0.39 is 15.9 Å². The maximum Gasteiger partial charge on any atom is 0.319 e. The van der Waals surface area contributed by atoms with Crippen molar-refractivity contribution in [2.45, 2.75) is 43.9 Å². The minimum atomic E-state index is -3.51. The van der Waals surface area contributed by atoms with Crippen LogP contribution in [0, 0.1) is 6.92 Å². The second-order valence-electron chi connectivity index (χ2n) is 7.81. The molecule has 0 atom stereocenters. The lowest BCUT2D eigenvalue weighted by molar-refractivity contribution is 0.251. The summed E-state index contributed by atoms with van der Waals surface area (Å²) in [5.41, 5.74) is 4.28. The molecule has 0 radical (unpaired) electrons. The second kappa shape index (κ2) is 11.1. The van der Waals surface area contributed by atoms with E-state index >= 15 is 0 Å². The molecule has 33 heavy (non-hydrogen) atoms. The Hall–Kier alpha value is -2.54. The van der Waals surface area contributed by atoms with Crippen LogP contribution in [0.25, 0.3) is 0 Å². The van der Waals surface area contributed by atoms with Crippen LogP contribution >= 0.6 is 23.2 Å². The van der Waals surface area contributed by atoms with Crippen LogP contribution in [0.2, 0.25) is 10.0 Å². The van der Waals surface area contributed by atoms with Crippen molar-refractivity contribution in [3.8, 4) is 0 Å². The van der Waals surface area contributed by atoms with E-state index in [9.17, 15) is 13.2 Å². The van der Waals surface area contributed by atoms with Crippen molar-refractivity contribution in [1.29, 1.82) is 0 Å². The number of hydrogen-bond acceptors (Lipinski definition) is 3. The Labute approximate surface area is 205 Å². The average molecular weight is 505 g/mol. The highest BCUT2D eigenvalue weighted by molar-refractivity contribution is 7.90. The summed E-state index contributed by atoms with van der Waals surface area (Å²) in [7, 11) is -3.51. The van der Waals surface area contributed by atoms with Crippen molar-refractivity contribution in [2.75, 3.05) is 5.32 Å². The van der Waals surface area contributed by atoms with Crippen molar-refractivity contribution < 1.29 is 13.2 Å². The summed E-state index contributed by atoms with van der Waals surface area (Å²) in [6.07, 6.45) is 1.93. The smallest absolute Gasteiger partial charge is 0.319 e. The molecule has 5 nitrogen and oxygen atoms in total. The molecule has 3 rings (SSSR count). The molecule has 0 unspecified atom stereocenters. The van der Waals surface area contributed by atoms with Gasteiger partial charge in [0.15, 0.2) is 9.84 Å². The van der Waals surface area contributed by atoms with Gasteiger partial charge in [-0.2, -0.15) is 0 Å². The van der Waals surface area contributed by atoms with E-state index in [1.165, 1.54) is 23.3 Å². The van der Waals surface area contributed by atoms with Gasteiger partial charge >= 0.3 is 6.03 Å². The highest BCUT2D eigenvalue weighted by Gasteiger charge is 2.16. The Balaban J connectivity index is 1.62. The monoisotopic (exact) mass is 504 g/mol. The SMILES string of the molecule is CCCc1cc(CS(=O)(=O)c2ccc(NC(=O)NCc3cccc(Cl)c3Cl)cc2)ccc1C. The van der Waals surface area contributed by atoms with Crippen LogP contribution in [0.3, 0.4) is 0 Å². The summed E-state index contributed by atoms with van der Waals surface area (Å²) in [6.45, 7) is 4.34. The first-order chi connectivity index (χ1) is 15.7. The van der Waals surface area contributed by atoms with Crippen LogP contribution in [0.4, 0.5) is 10.5 Å². The van der Waals surface area contributed by atoms with Gasteiger partial charge in [-0.25, -0.2) is 13.2 Å². The van der Waals surface area contributed by atoms with Crippen LogP contribution in [0.15, 0.2) is 65.6 Å². The highest BCUT2D eigenvalue weighted by atomic mass is 35.5. The lowest BCUT2D eigenvalue weighted by Gasteiger charge is -2.11. The molecular weight excluding hydrogens is 479 g/mol. The Morgan fingerprint density at radius 2 is 1.70 bits per heavy atom. The molecule has 3 aromatic carbocycles.